The Morgan fingerprint density at radius 1 is 1.12 bits per heavy atom. The number of nitrogens with zero attached hydrogens (tertiary/aromatic N) is 6. The Morgan fingerprint density at radius 2 is 1.97 bits per heavy atom. The fraction of sp³-hybridized carbons (Fsp3) is 0.583. The Labute approximate surface area is 191 Å². The van der Waals surface area contributed by atoms with Gasteiger partial charge in [-0.15, -0.1) is 0 Å². The van der Waals surface area contributed by atoms with E-state index in [1.807, 2.05) is 31.2 Å². The molecule has 2 atom stereocenters. The second kappa shape index (κ2) is 10.9. The van der Waals surface area contributed by atoms with Crippen LogP contribution in [0.5, 0.6) is 0 Å². The number of aromatic nitrogens is 2. The molecule has 0 radical (unpaired) electrons. The van der Waals surface area contributed by atoms with Gasteiger partial charge in [-0.25, -0.2) is 0 Å². The van der Waals surface area contributed by atoms with E-state index < -0.39 is 0 Å². The first kappa shape index (κ1) is 22.8. The number of hydrogen-bond acceptors (Lipinski definition) is 5. The minimum atomic E-state index is 0.0352. The molecule has 174 valence electrons. The standard InChI is InChI=1S/C24H37N7O/c1-25-24(31-14-15-32-23(19-31)21-16-27-29(3)17-21)26-10-7-11-30-13-12-28(2)18-22(30)20-8-5-4-6-9-20/h4-6,8-9,16-17,22-23H,7,10-15,18-19H2,1-3H3,(H,25,26). The first-order valence-corrected chi connectivity index (χ1v) is 11.7. The Balaban J connectivity index is 1.27. The summed E-state index contributed by atoms with van der Waals surface area (Å²) < 4.78 is 7.81. The maximum absolute atomic E-state index is 5.98. The van der Waals surface area contributed by atoms with Gasteiger partial charge in [0.1, 0.15) is 6.10 Å². The molecule has 2 aliphatic heterocycles. The van der Waals surface area contributed by atoms with Crippen LogP contribution in [-0.2, 0) is 11.8 Å². The maximum atomic E-state index is 5.98. The van der Waals surface area contributed by atoms with Crippen molar-refractivity contribution in [2.75, 3.05) is 66.5 Å². The summed E-state index contributed by atoms with van der Waals surface area (Å²) in [6, 6.07) is 11.4. The molecular formula is C24H37N7O. The van der Waals surface area contributed by atoms with Crippen LogP contribution in [0, 0.1) is 0 Å². The highest BCUT2D eigenvalue weighted by molar-refractivity contribution is 5.80. The molecule has 2 fully saturated rings. The molecule has 2 aromatic rings. The first-order chi connectivity index (χ1) is 15.6. The van der Waals surface area contributed by atoms with Crippen molar-refractivity contribution in [3.8, 4) is 0 Å². The van der Waals surface area contributed by atoms with E-state index in [0.717, 1.165) is 63.8 Å². The third-order valence-corrected chi connectivity index (χ3v) is 6.46. The van der Waals surface area contributed by atoms with Crippen molar-refractivity contribution >= 4 is 5.96 Å². The first-order valence-electron chi connectivity index (χ1n) is 11.7. The maximum Gasteiger partial charge on any atom is 0.193 e. The highest BCUT2D eigenvalue weighted by Gasteiger charge is 2.27. The van der Waals surface area contributed by atoms with Crippen molar-refractivity contribution in [2.45, 2.75) is 18.6 Å². The van der Waals surface area contributed by atoms with Crippen molar-refractivity contribution in [3.05, 3.63) is 53.9 Å². The van der Waals surface area contributed by atoms with Crippen molar-refractivity contribution in [3.63, 3.8) is 0 Å². The van der Waals surface area contributed by atoms with Crippen molar-refractivity contribution < 1.29 is 4.74 Å². The van der Waals surface area contributed by atoms with Gasteiger partial charge in [0.05, 0.1) is 19.3 Å². The normalized spacial score (nSPS) is 23.5. The lowest BCUT2D eigenvalue weighted by atomic mass is 10.0. The highest BCUT2D eigenvalue weighted by Crippen LogP contribution is 2.25. The molecule has 8 nitrogen and oxygen atoms in total. The Kier molecular flexibility index (Phi) is 7.78. The Morgan fingerprint density at radius 3 is 2.72 bits per heavy atom. The summed E-state index contributed by atoms with van der Waals surface area (Å²) in [5.74, 6) is 0.958. The lowest BCUT2D eigenvalue weighted by molar-refractivity contribution is -0.00804. The third kappa shape index (κ3) is 5.68. The molecule has 0 aliphatic carbocycles. The zero-order valence-electron chi connectivity index (χ0n) is 19.7. The number of piperazine rings is 1. The fourth-order valence-electron chi connectivity index (χ4n) is 4.68. The van der Waals surface area contributed by atoms with Gasteiger partial charge in [0.25, 0.3) is 0 Å². The summed E-state index contributed by atoms with van der Waals surface area (Å²) in [5, 5.41) is 7.87. The Hall–Kier alpha value is -2.42. The molecule has 0 bridgehead atoms. The SMILES string of the molecule is CN=C(NCCCN1CCN(C)CC1c1ccccc1)N1CCOC(c2cnn(C)c2)C1. The molecule has 1 N–H and O–H groups in total. The third-order valence-electron chi connectivity index (χ3n) is 6.46. The van der Waals surface area contributed by atoms with Crippen LogP contribution in [0.15, 0.2) is 47.7 Å². The molecule has 3 heterocycles. The topological polar surface area (TPSA) is 61.2 Å². The molecule has 2 unspecified atom stereocenters. The fourth-order valence-corrected chi connectivity index (χ4v) is 4.68. The summed E-state index contributed by atoms with van der Waals surface area (Å²) in [6.45, 7) is 7.66. The number of morpholine rings is 1. The van der Waals surface area contributed by atoms with Crippen LogP contribution in [0.25, 0.3) is 0 Å². The number of nitrogens with one attached hydrogen (secondary N) is 1. The van der Waals surface area contributed by atoms with Crippen LogP contribution in [0.3, 0.4) is 0 Å². The van der Waals surface area contributed by atoms with E-state index in [4.69, 9.17) is 4.74 Å². The van der Waals surface area contributed by atoms with Gasteiger partial charge in [0.2, 0.25) is 0 Å². The van der Waals surface area contributed by atoms with Gasteiger partial charge < -0.3 is 19.9 Å². The minimum Gasteiger partial charge on any atom is -0.370 e. The molecule has 2 saturated heterocycles. The number of rotatable bonds is 6. The van der Waals surface area contributed by atoms with E-state index in [9.17, 15) is 0 Å². The Bertz CT molecular complexity index is 868. The van der Waals surface area contributed by atoms with Gasteiger partial charge in [-0.05, 0) is 19.0 Å². The number of aliphatic imine (C=N–C) groups is 1. The summed E-state index contributed by atoms with van der Waals surface area (Å²) in [4.78, 5) is 11.9. The number of likely N-dealkylation sites (N-methyl/N-ethyl adjacent to an activating group) is 1. The number of benzene rings is 1. The van der Waals surface area contributed by atoms with E-state index in [0.29, 0.717) is 12.6 Å². The minimum absolute atomic E-state index is 0.0352. The molecular weight excluding hydrogens is 402 g/mol. The van der Waals surface area contributed by atoms with Gasteiger partial charge in [0, 0.05) is 71.2 Å². The van der Waals surface area contributed by atoms with Gasteiger partial charge >= 0.3 is 0 Å². The summed E-state index contributed by atoms with van der Waals surface area (Å²) in [5.41, 5.74) is 2.53. The lowest BCUT2D eigenvalue weighted by Gasteiger charge is -2.40. The molecule has 1 aromatic carbocycles. The van der Waals surface area contributed by atoms with Gasteiger partial charge in [-0.1, -0.05) is 30.3 Å². The number of guanidine groups is 1. The lowest BCUT2D eigenvalue weighted by Crippen LogP contribution is -2.49. The van der Waals surface area contributed by atoms with Gasteiger partial charge in [-0.2, -0.15) is 5.10 Å². The summed E-state index contributed by atoms with van der Waals surface area (Å²) in [6.07, 6.45) is 5.04. The second-order valence-electron chi connectivity index (χ2n) is 8.81. The zero-order valence-corrected chi connectivity index (χ0v) is 19.7. The quantitative estimate of drug-likeness (QED) is 0.420. The van der Waals surface area contributed by atoms with Gasteiger partial charge in [0.15, 0.2) is 5.96 Å². The van der Waals surface area contributed by atoms with Crippen molar-refractivity contribution in [2.24, 2.45) is 12.0 Å². The van der Waals surface area contributed by atoms with E-state index in [2.05, 4.69) is 67.5 Å². The highest BCUT2D eigenvalue weighted by atomic mass is 16.5. The largest absolute Gasteiger partial charge is 0.370 e. The number of aryl methyl sites for hydroxylation is 1. The van der Waals surface area contributed by atoms with Crippen molar-refractivity contribution in [1.29, 1.82) is 0 Å². The zero-order chi connectivity index (χ0) is 22.3. The monoisotopic (exact) mass is 439 g/mol. The summed E-state index contributed by atoms with van der Waals surface area (Å²) >= 11 is 0. The van der Waals surface area contributed by atoms with Crippen LogP contribution >= 0.6 is 0 Å². The van der Waals surface area contributed by atoms with Gasteiger partial charge in [-0.3, -0.25) is 14.6 Å². The van der Waals surface area contributed by atoms with E-state index in [-0.39, 0.29) is 6.10 Å². The van der Waals surface area contributed by atoms with Crippen LogP contribution in [-0.4, -0.2) is 97.0 Å². The smallest absolute Gasteiger partial charge is 0.193 e. The molecule has 1 aromatic heterocycles. The van der Waals surface area contributed by atoms with E-state index in [1.54, 1.807) is 0 Å². The number of hydrogen-bond donors (Lipinski definition) is 1. The van der Waals surface area contributed by atoms with Crippen LogP contribution in [0.2, 0.25) is 0 Å². The average molecular weight is 440 g/mol. The number of ether oxygens (including phenoxy) is 1. The average Bonchev–Trinajstić information content (AvgIpc) is 3.27. The van der Waals surface area contributed by atoms with E-state index in [1.165, 1.54) is 5.56 Å². The second-order valence-corrected chi connectivity index (χ2v) is 8.81. The van der Waals surface area contributed by atoms with Crippen LogP contribution in [0.4, 0.5) is 0 Å². The molecule has 0 amide bonds. The molecule has 0 spiro atoms. The molecule has 32 heavy (non-hydrogen) atoms. The van der Waals surface area contributed by atoms with Crippen LogP contribution < -0.4 is 5.32 Å². The molecule has 0 saturated carbocycles. The molecule has 2 aliphatic rings. The van der Waals surface area contributed by atoms with E-state index >= 15 is 0 Å². The molecule has 4 rings (SSSR count). The predicted octanol–water partition coefficient (Wildman–Crippen LogP) is 1.75. The summed E-state index contributed by atoms with van der Waals surface area (Å²) in [7, 11) is 6.02. The van der Waals surface area contributed by atoms with Crippen LogP contribution in [0.1, 0.15) is 29.7 Å². The predicted molar refractivity (Wildman–Crippen MR) is 128 cm³/mol. The van der Waals surface area contributed by atoms with Crippen molar-refractivity contribution in [1.82, 2.24) is 29.8 Å². The molecule has 8 heteroatoms.